The lowest BCUT2D eigenvalue weighted by Crippen LogP contribution is -2.23. The average molecular weight is 337 g/mol. The molecule has 0 aliphatic heterocycles. The summed E-state index contributed by atoms with van der Waals surface area (Å²) < 4.78 is 0.661. The Kier molecular flexibility index (Phi) is 4.44. The standard InChI is InChI=1S/C14H17BrN4O/c1-9-6-10(4-5-12(9)19(2)3)7-16-14(20)13-11(15)8-17-18-13/h4-6,8H,7H2,1-3H3,(H,16,20)(H,17,18). The molecule has 0 unspecified atom stereocenters. The van der Waals surface area contributed by atoms with Crippen LogP contribution in [-0.2, 0) is 6.54 Å². The van der Waals surface area contributed by atoms with Crippen LogP contribution in [0.15, 0.2) is 28.9 Å². The van der Waals surface area contributed by atoms with E-state index in [-0.39, 0.29) is 5.91 Å². The Hall–Kier alpha value is -1.82. The van der Waals surface area contributed by atoms with Crippen molar-refractivity contribution in [2.45, 2.75) is 13.5 Å². The lowest BCUT2D eigenvalue weighted by Gasteiger charge is -2.16. The smallest absolute Gasteiger partial charge is 0.270 e. The van der Waals surface area contributed by atoms with Crippen molar-refractivity contribution in [3.05, 3.63) is 45.7 Å². The molecule has 6 heteroatoms. The van der Waals surface area contributed by atoms with Crippen molar-refractivity contribution in [2.24, 2.45) is 0 Å². The predicted molar refractivity (Wildman–Crippen MR) is 83.0 cm³/mol. The third-order valence-corrected chi connectivity index (χ3v) is 3.62. The van der Waals surface area contributed by atoms with Crippen LogP contribution in [-0.4, -0.2) is 30.2 Å². The maximum Gasteiger partial charge on any atom is 0.270 e. The summed E-state index contributed by atoms with van der Waals surface area (Å²) in [6.07, 6.45) is 1.56. The number of hydrogen-bond donors (Lipinski definition) is 2. The highest BCUT2D eigenvalue weighted by Gasteiger charge is 2.11. The Morgan fingerprint density at radius 3 is 2.75 bits per heavy atom. The second kappa shape index (κ2) is 6.09. The number of carbonyl (C=O) groups is 1. The Bertz CT molecular complexity index is 621. The van der Waals surface area contributed by atoms with Gasteiger partial charge in [-0.3, -0.25) is 9.89 Å². The first-order valence-corrected chi connectivity index (χ1v) is 7.02. The van der Waals surface area contributed by atoms with E-state index >= 15 is 0 Å². The lowest BCUT2D eigenvalue weighted by atomic mass is 10.1. The minimum atomic E-state index is -0.177. The maximum atomic E-state index is 11.9. The summed E-state index contributed by atoms with van der Waals surface area (Å²) in [6, 6.07) is 6.16. The first-order valence-electron chi connectivity index (χ1n) is 6.23. The topological polar surface area (TPSA) is 61.0 Å². The molecule has 0 saturated carbocycles. The summed E-state index contributed by atoms with van der Waals surface area (Å²) in [5.74, 6) is -0.177. The van der Waals surface area contributed by atoms with Crippen LogP contribution in [0, 0.1) is 6.92 Å². The molecular weight excluding hydrogens is 320 g/mol. The second-order valence-electron chi connectivity index (χ2n) is 4.79. The van der Waals surface area contributed by atoms with Gasteiger partial charge in [-0.15, -0.1) is 0 Å². The van der Waals surface area contributed by atoms with E-state index in [2.05, 4.69) is 55.4 Å². The van der Waals surface area contributed by atoms with E-state index in [1.807, 2.05) is 20.2 Å². The molecule has 0 radical (unpaired) electrons. The minimum absolute atomic E-state index is 0.177. The highest BCUT2D eigenvalue weighted by molar-refractivity contribution is 9.10. The van der Waals surface area contributed by atoms with Gasteiger partial charge in [0.15, 0.2) is 0 Å². The number of nitrogens with one attached hydrogen (secondary N) is 2. The zero-order valence-electron chi connectivity index (χ0n) is 11.7. The largest absolute Gasteiger partial charge is 0.377 e. The Morgan fingerprint density at radius 2 is 2.20 bits per heavy atom. The van der Waals surface area contributed by atoms with Crippen molar-refractivity contribution < 1.29 is 4.79 Å². The fourth-order valence-corrected chi connectivity index (χ4v) is 2.40. The number of aryl methyl sites for hydroxylation is 1. The number of H-pyrrole nitrogens is 1. The molecule has 0 atom stereocenters. The first-order chi connectivity index (χ1) is 9.49. The number of rotatable bonds is 4. The molecule has 106 valence electrons. The van der Waals surface area contributed by atoms with Gasteiger partial charge < -0.3 is 10.2 Å². The normalized spacial score (nSPS) is 10.4. The number of carbonyl (C=O) groups excluding carboxylic acids is 1. The molecule has 5 nitrogen and oxygen atoms in total. The third kappa shape index (κ3) is 3.19. The molecule has 2 rings (SSSR count). The number of benzene rings is 1. The van der Waals surface area contributed by atoms with E-state index in [1.165, 1.54) is 11.3 Å². The third-order valence-electron chi connectivity index (χ3n) is 3.02. The van der Waals surface area contributed by atoms with Crippen molar-refractivity contribution in [2.75, 3.05) is 19.0 Å². The quantitative estimate of drug-likeness (QED) is 0.901. The summed E-state index contributed by atoms with van der Waals surface area (Å²) in [5.41, 5.74) is 3.87. The van der Waals surface area contributed by atoms with Gasteiger partial charge in [-0.25, -0.2) is 0 Å². The summed E-state index contributed by atoms with van der Waals surface area (Å²) in [6.45, 7) is 2.55. The first kappa shape index (κ1) is 14.6. The van der Waals surface area contributed by atoms with Crippen molar-refractivity contribution >= 4 is 27.5 Å². The lowest BCUT2D eigenvalue weighted by molar-refractivity contribution is 0.0945. The zero-order valence-corrected chi connectivity index (χ0v) is 13.3. The molecule has 2 aromatic rings. The Morgan fingerprint density at radius 1 is 1.45 bits per heavy atom. The summed E-state index contributed by atoms with van der Waals surface area (Å²) >= 11 is 3.27. The van der Waals surface area contributed by atoms with Crippen molar-refractivity contribution in [1.29, 1.82) is 0 Å². The number of aromatic amines is 1. The highest BCUT2D eigenvalue weighted by atomic mass is 79.9. The van der Waals surface area contributed by atoms with Crippen molar-refractivity contribution in [3.63, 3.8) is 0 Å². The minimum Gasteiger partial charge on any atom is -0.377 e. The second-order valence-corrected chi connectivity index (χ2v) is 5.65. The van der Waals surface area contributed by atoms with E-state index < -0.39 is 0 Å². The number of hydrogen-bond acceptors (Lipinski definition) is 3. The van der Waals surface area contributed by atoms with E-state index in [1.54, 1.807) is 6.20 Å². The van der Waals surface area contributed by atoms with E-state index in [0.29, 0.717) is 16.7 Å². The van der Waals surface area contributed by atoms with Crippen LogP contribution in [0.3, 0.4) is 0 Å². The molecular formula is C14H17BrN4O. The van der Waals surface area contributed by atoms with Crippen LogP contribution >= 0.6 is 15.9 Å². The number of anilines is 1. The van der Waals surface area contributed by atoms with Gasteiger partial charge in [-0.05, 0) is 40.0 Å². The van der Waals surface area contributed by atoms with Crippen LogP contribution < -0.4 is 10.2 Å². The van der Waals surface area contributed by atoms with Gasteiger partial charge in [-0.1, -0.05) is 12.1 Å². The zero-order chi connectivity index (χ0) is 14.7. The summed E-state index contributed by atoms with van der Waals surface area (Å²) in [7, 11) is 4.03. The van der Waals surface area contributed by atoms with Gasteiger partial charge in [0.1, 0.15) is 5.69 Å². The molecule has 0 spiro atoms. The molecule has 1 aromatic carbocycles. The molecule has 20 heavy (non-hydrogen) atoms. The van der Waals surface area contributed by atoms with Gasteiger partial charge in [0.05, 0.1) is 10.7 Å². The monoisotopic (exact) mass is 336 g/mol. The van der Waals surface area contributed by atoms with Gasteiger partial charge >= 0.3 is 0 Å². The molecule has 1 amide bonds. The van der Waals surface area contributed by atoms with Crippen LogP contribution in [0.5, 0.6) is 0 Å². The van der Waals surface area contributed by atoms with Crippen LogP contribution in [0.2, 0.25) is 0 Å². The van der Waals surface area contributed by atoms with E-state index in [9.17, 15) is 4.79 Å². The fraction of sp³-hybridized carbons (Fsp3) is 0.286. The summed E-state index contributed by atoms with van der Waals surface area (Å²) in [5, 5.41) is 9.33. The molecule has 1 heterocycles. The maximum absolute atomic E-state index is 11.9. The number of amides is 1. The van der Waals surface area contributed by atoms with E-state index in [4.69, 9.17) is 0 Å². The SMILES string of the molecule is Cc1cc(CNC(=O)c2[nH]ncc2Br)ccc1N(C)C. The molecule has 0 fully saturated rings. The molecule has 0 bridgehead atoms. The summed E-state index contributed by atoms with van der Waals surface area (Å²) in [4.78, 5) is 14.0. The number of halogens is 1. The molecule has 2 N–H and O–H groups in total. The molecule has 1 aromatic heterocycles. The van der Waals surface area contributed by atoms with Crippen molar-refractivity contribution in [3.8, 4) is 0 Å². The Labute approximate surface area is 126 Å². The van der Waals surface area contributed by atoms with Gasteiger partial charge in [-0.2, -0.15) is 5.10 Å². The van der Waals surface area contributed by atoms with Crippen LogP contribution in [0.1, 0.15) is 21.6 Å². The fourth-order valence-electron chi connectivity index (χ4n) is 2.03. The van der Waals surface area contributed by atoms with Crippen LogP contribution in [0.4, 0.5) is 5.69 Å². The van der Waals surface area contributed by atoms with Gasteiger partial charge in [0, 0.05) is 26.3 Å². The molecule has 0 aliphatic rings. The predicted octanol–water partition coefficient (Wildman–Crippen LogP) is 2.48. The number of nitrogens with zero attached hydrogens (tertiary/aromatic N) is 2. The molecule has 0 saturated heterocycles. The van der Waals surface area contributed by atoms with Crippen molar-refractivity contribution in [1.82, 2.24) is 15.5 Å². The van der Waals surface area contributed by atoms with E-state index in [0.717, 1.165) is 5.56 Å². The molecule has 0 aliphatic carbocycles. The number of aromatic nitrogens is 2. The van der Waals surface area contributed by atoms with Crippen LogP contribution in [0.25, 0.3) is 0 Å². The van der Waals surface area contributed by atoms with Gasteiger partial charge in [0.25, 0.3) is 5.91 Å². The highest BCUT2D eigenvalue weighted by Crippen LogP contribution is 2.19. The van der Waals surface area contributed by atoms with Gasteiger partial charge in [0.2, 0.25) is 0 Å². The average Bonchev–Trinajstić information content (AvgIpc) is 2.82. The Balaban J connectivity index is 2.03.